The fourth-order valence-corrected chi connectivity index (χ4v) is 4.76. The molecular formula is C19H20N2O2S. The third kappa shape index (κ3) is 3.02. The number of nitrogens with zero attached hydrogens (tertiary/aromatic N) is 2. The number of benzene rings is 2. The van der Waals surface area contributed by atoms with Gasteiger partial charge >= 0.3 is 0 Å². The second-order valence-electron chi connectivity index (χ2n) is 6.15. The van der Waals surface area contributed by atoms with Crippen molar-refractivity contribution in [2.24, 2.45) is 0 Å². The zero-order valence-electron chi connectivity index (χ0n) is 13.6. The molecular weight excluding hydrogens is 320 g/mol. The maximum absolute atomic E-state index is 13.1. The Morgan fingerprint density at radius 3 is 2.58 bits per heavy atom. The lowest BCUT2D eigenvalue weighted by Crippen LogP contribution is -2.31. The van der Waals surface area contributed by atoms with E-state index in [4.69, 9.17) is 5.26 Å². The molecule has 0 amide bonds. The Hall–Kier alpha value is -2.32. The van der Waals surface area contributed by atoms with E-state index in [-0.39, 0.29) is 5.92 Å². The molecule has 0 radical (unpaired) electrons. The largest absolute Gasteiger partial charge is 0.266 e. The summed E-state index contributed by atoms with van der Waals surface area (Å²) < 4.78 is 27.8. The van der Waals surface area contributed by atoms with Gasteiger partial charge in [-0.25, -0.2) is 8.42 Å². The topological polar surface area (TPSA) is 61.2 Å². The van der Waals surface area contributed by atoms with Gasteiger partial charge in [-0.15, -0.1) is 0 Å². The van der Waals surface area contributed by atoms with E-state index in [2.05, 4.69) is 6.07 Å². The minimum absolute atomic E-state index is 0.0874. The molecule has 0 aliphatic carbocycles. The normalized spacial score (nSPS) is 17.7. The molecule has 1 aliphatic heterocycles. The van der Waals surface area contributed by atoms with E-state index in [1.54, 1.807) is 12.1 Å². The molecule has 1 heterocycles. The molecule has 4 nitrogen and oxygen atoms in total. The quantitative estimate of drug-likeness (QED) is 0.849. The molecule has 0 saturated carbocycles. The predicted molar refractivity (Wildman–Crippen MR) is 94.4 cm³/mol. The molecule has 1 atom stereocenters. The van der Waals surface area contributed by atoms with Crippen molar-refractivity contribution < 1.29 is 8.42 Å². The maximum Gasteiger partial charge on any atom is 0.264 e. The van der Waals surface area contributed by atoms with Crippen molar-refractivity contribution in [3.63, 3.8) is 0 Å². The lowest BCUT2D eigenvalue weighted by molar-refractivity contribution is 0.586. The molecule has 0 unspecified atom stereocenters. The number of hydrogen-bond donors (Lipinski definition) is 0. The van der Waals surface area contributed by atoms with Crippen molar-refractivity contribution in [2.75, 3.05) is 10.8 Å². The number of sulfonamides is 1. The van der Waals surface area contributed by atoms with E-state index in [1.807, 2.05) is 43.3 Å². The van der Waals surface area contributed by atoms with Crippen molar-refractivity contribution in [1.29, 1.82) is 5.26 Å². The first-order chi connectivity index (χ1) is 11.5. The molecule has 0 N–H and O–H groups in total. The minimum Gasteiger partial charge on any atom is -0.266 e. The van der Waals surface area contributed by atoms with Crippen molar-refractivity contribution in [3.8, 4) is 6.07 Å². The number of aryl methyl sites for hydroxylation is 1. The smallest absolute Gasteiger partial charge is 0.264 e. The van der Waals surface area contributed by atoms with Crippen LogP contribution in [0.3, 0.4) is 0 Å². The molecule has 0 fully saturated rings. The van der Waals surface area contributed by atoms with Crippen molar-refractivity contribution in [1.82, 2.24) is 0 Å². The van der Waals surface area contributed by atoms with Gasteiger partial charge in [0.05, 0.1) is 16.7 Å². The lowest BCUT2D eigenvalue weighted by atomic mass is 9.92. The Kier molecular flexibility index (Phi) is 4.59. The predicted octanol–water partition coefficient (Wildman–Crippen LogP) is 3.98. The molecule has 124 valence electrons. The summed E-state index contributed by atoms with van der Waals surface area (Å²) in [6.45, 7) is 2.37. The number of anilines is 1. The number of para-hydroxylation sites is 1. The fourth-order valence-electron chi connectivity index (χ4n) is 3.23. The molecule has 0 spiro atoms. The van der Waals surface area contributed by atoms with Gasteiger partial charge in [0.1, 0.15) is 0 Å². The maximum atomic E-state index is 13.1. The molecule has 2 aromatic rings. The van der Waals surface area contributed by atoms with Gasteiger partial charge in [-0.3, -0.25) is 4.31 Å². The second kappa shape index (κ2) is 6.66. The number of rotatable bonds is 3. The second-order valence-corrected chi connectivity index (χ2v) is 8.01. The molecule has 0 aromatic heterocycles. The van der Waals surface area contributed by atoms with Crippen LogP contribution in [0.5, 0.6) is 0 Å². The molecule has 24 heavy (non-hydrogen) atoms. The van der Waals surface area contributed by atoms with Gasteiger partial charge in [0.2, 0.25) is 0 Å². The van der Waals surface area contributed by atoms with E-state index in [0.29, 0.717) is 23.5 Å². The molecule has 0 bridgehead atoms. The summed E-state index contributed by atoms with van der Waals surface area (Å²) >= 11 is 0. The van der Waals surface area contributed by atoms with Gasteiger partial charge in [-0.05, 0) is 49.4 Å². The summed E-state index contributed by atoms with van der Waals surface area (Å²) in [5.41, 5.74) is 2.68. The van der Waals surface area contributed by atoms with Crippen LogP contribution in [0.1, 0.15) is 36.3 Å². The number of fused-ring (bicyclic) bond motifs is 1. The third-order valence-corrected chi connectivity index (χ3v) is 6.33. The van der Waals surface area contributed by atoms with Crippen LogP contribution in [0.15, 0.2) is 53.4 Å². The summed E-state index contributed by atoms with van der Waals surface area (Å²) in [6, 6.07) is 16.7. The summed E-state index contributed by atoms with van der Waals surface area (Å²) in [4.78, 5) is 0.307. The molecule has 0 saturated heterocycles. The van der Waals surface area contributed by atoms with Crippen LogP contribution in [0.25, 0.3) is 0 Å². The zero-order valence-corrected chi connectivity index (χ0v) is 14.5. The Labute approximate surface area is 143 Å². The van der Waals surface area contributed by atoms with E-state index in [1.165, 1.54) is 4.31 Å². The highest BCUT2D eigenvalue weighted by Gasteiger charge is 2.30. The van der Waals surface area contributed by atoms with E-state index in [9.17, 15) is 8.42 Å². The summed E-state index contributed by atoms with van der Waals surface area (Å²) in [7, 11) is -3.60. The lowest BCUT2D eigenvalue weighted by Gasteiger charge is -2.25. The average Bonchev–Trinajstić information content (AvgIpc) is 2.76. The monoisotopic (exact) mass is 340 g/mol. The van der Waals surface area contributed by atoms with E-state index < -0.39 is 10.0 Å². The van der Waals surface area contributed by atoms with E-state index >= 15 is 0 Å². The van der Waals surface area contributed by atoms with Crippen LogP contribution < -0.4 is 4.31 Å². The van der Waals surface area contributed by atoms with Crippen LogP contribution in [-0.2, 0) is 10.0 Å². The third-order valence-electron chi connectivity index (χ3n) is 4.51. The standard InChI is InChI=1S/C19H20N2O2S/c1-15-8-10-17(11-9-15)24(22,23)21-14-4-5-16(12-13-20)18-6-2-3-7-19(18)21/h2-3,6-11,16H,4-5,12,14H2,1H3/t16-/m1/s1. The van der Waals surface area contributed by atoms with Crippen molar-refractivity contribution >= 4 is 15.7 Å². The van der Waals surface area contributed by atoms with Gasteiger partial charge in [0, 0.05) is 13.0 Å². The Balaban J connectivity index is 2.08. The van der Waals surface area contributed by atoms with Crippen LogP contribution >= 0.6 is 0 Å². The van der Waals surface area contributed by atoms with Crippen molar-refractivity contribution in [3.05, 3.63) is 59.7 Å². The first-order valence-corrected chi connectivity index (χ1v) is 9.53. The van der Waals surface area contributed by atoms with Crippen molar-refractivity contribution in [2.45, 2.75) is 37.0 Å². The van der Waals surface area contributed by atoms with E-state index in [0.717, 1.165) is 24.0 Å². The highest BCUT2D eigenvalue weighted by molar-refractivity contribution is 7.92. The zero-order chi connectivity index (χ0) is 17.2. The highest BCUT2D eigenvalue weighted by Crippen LogP contribution is 2.38. The van der Waals surface area contributed by atoms with Crippen LogP contribution in [0.4, 0.5) is 5.69 Å². The fraction of sp³-hybridized carbons (Fsp3) is 0.316. The van der Waals surface area contributed by atoms with Gasteiger partial charge in [0.25, 0.3) is 10.0 Å². The van der Waals surface area contributed by atoms with Gasteiger partial charge in [0.15, 0.2) is 0 Å². The van der Waals surface area contributed by atoms with Crippen LogP contribution in [0.2, 0.25) is 0 Å². The number of nitriles is 1. The first-order valence-electron chi connectivity index (χ1n) is 8.09. The molecule has 3 rings (SSSR count). The number of hydrogen-bond acceptors (Lipinski definition) is 3. The first kappa shape index (κ1) is 16.5. The Morgan fingerprint density at radius 1 is 1.17 bits per heavy atom. The SMILES string of the molecule is Cc1ccc(S(=O)(=O)N2CCC[C@H](CC#N)c3ccccc32)cc1. The van der Waals surface area contributed by atoms with Gasteiger partial charge < -0.3 is 0 Å². The minimum atomic E-state index is -3.60. The highest BCUT2D eigenvalue weighted by atomic mass is 32.2. The average molecular weight is 340 g/mol. The van der Waals surface area contributed by atoms with Crippen LogP contribution in [0, 0.1) is 18.3 Å². The molecule has 2 aromatic carbocycles. The summed E-state index contributed by atoms with van der Waals surface area (Å²) in [5, 5.41) is 9.08. The van der Waals surface area contributed by atoms with Gasteiger partial charge in [-0.1, -0.05) is 35.9 Å². The molecule has 5 heteroatoms. The Morgan fingerprint density at radius 2 is 1.88 bits per heavy atom. The summed E-state index contributed by atoms with van der Waals surface area (Å²) in [5.74, 6) is 0.0874. The molecule has 1 aliphatic rings. The summed E-state index contributed by atoms with van der Waals surface area (Å²) in [6.07, 6.45) is 1.98. The van der Waals surface area contributed by atoms with Gasteiger partial charge in [-0.2, -0.15) is 5.26 Å². The van der Waals surface area contributed by atoms with Crippen LogP contribution in [-0.4, -0.2) is 15.0 Å². The Bertz CT molecular complexity index is 867.